The van der Waals surface area contributed by atoms with Crippen LogP contribution in [0.3, 0.4) is 0 Å². The number of hydrogen-bond donors (Lipinski definition) is 1. The summed E-state index contributed by atoms with van der Waals surface area (Å²) in [6.07, 6.45) is 3.06. The van der Waals surface area contributed by atoms with Crippen molar-refractivity contribution >= 4 is 5.91 Å². The van der Waals surface area contributed by atoms with E-state index in [9.17, 15) is 4.79 Å². The van der Waals surface area contributed by atoms with Crippen molar-refractivity contribution in [3.63, 3.8) is 0 Å². The molecule has 2 atom stereocenters. The van der Waals surface area contributed by atoms with Crippen molar-refractivity contribution in [2.75, 3.05) is 0 Å². The van der Waals surface area contributed by atoms with Crippen LogP contribution in [0.2, 0.25) is 0 Å². The molecule has 0 spiro atoms. The lowest BCUT2D eigenvalue weighted by atomic mass is 9.99. The zero-order valence-corrected chi connectivity index (χ0v) is 13.9. The van der Waals surface area contributed by atoms with E-state index in [4.69, 9.17) is 9.15 Å². The fourth-order valence-electron chi connectivity index (χ4n) is 2.99. The van der Waals surface area contributed by atoms with Crippen molar-refractivity contribution < 1.29 is 13.9 Å². The third kappa shape index (κ3) is 3.01. The van der Waals surface area contributed by atoms with Gasteiger partial charge >= 0.3 is 0 Å². The van der Waals surface area contributed by atoms with E-state index in [1.54, 1.807) is 17.9 Å². The number of aromatic nitrogens is 3. The summed E-state index contributed by atoms with van der Waals surface area (Å²) in [6.45, 7) is 6.26. The third-order valence-electron chi connectivity index (χ3n) is 4.03. The number of oxazole rings is 1. The molecule has 2 aromatic rings. The standard InChI is InChI=1S/C16H22N4O3/c1-5-13-17-7-11(23-13)8-18-16(21)15-12-6-9(2)22-10(3)14(12)19-20(15)4/h7,9-10H,5-6,8H2,1-4H3,(H,18,21)/t9-,10+/m1/s1. The van der Waals surface area contributed by atoms with Gasteiger partial charge < -0.3 is 14.5 Å². The zero-order chi connectivity index (χ0) is 16.6. The predicted molar refractivity (Wildman–Crippen MR) is 82.9 cm³/mol. The highest BCUT2D eigenvalue weighted by atomic mass is 16.5. The van der Waals surface area contributed by atoms with E-state index in [0.29, 0.717) is 30.3 Å². The van der Waals surface area contributed by atoms with Crippen LogP contribution in [0.1, 0.15) is 60.3 Å². The maximum Gasteiger partial charge on any atom is 0.270 e. The van der Waals surface area contributed by atoms with Gasteiger partial charge in [-0.15, -0.1) is 0 Å². The van der Waals surface area contributed by atoms with Gasteiger partial charge in [0, 0.05) is 25.5 Å². The Kier molecular flexibility index (Phi) is 4.21. The molecule has 124 valence electrons. The molecule has 1 aliphatic heterocycles. The average molecular weight is 318 g/mol. The second-order valence-electron chi connectivity index (χ2n) is 5.89. The lowest BCUT2D eigenvalue weighted by molar-refractivity contribution is -0.00710. The Bertz CT molecular complexity index is 719. The van der Waals surface area contributed by atoms with E-state index in [1.165, 1.54) is 0 Å². The first-order chi connectivity index (χ1) is 11.0. The van der Waals surface area contributed by atoms with Crippen LogP contribution in [-0.2, 0) is 31.2 Å². The molecule has 0 aliphatic carbocycles. The van der Waals surface area contributed by atoms with Gasteiger partial charge in [-0.1, -0.05) is 6.92 Å². The highest BCUT2D eigenvalue weighted by molar-refractivity contribution is 5.94. The Hall–Kier alpha value is -2.15. The average Bonchev–Trinajstić information content (AvgIpc) is 3.09. The Morgan fingerprint density at radius 1 is 1.48 bits per heavy atom. The summed E-state index contributed by atoms with van der Waals surface area (Å²) in [5, 5.41) is 7.34. The van der Waals surface area contributed by atoms with Crippen molar-refractivity contribution in [3.05, 3.63) is 34.8 Å². The van der Waals surface area contributed by atoms with E-state index in [1.807, 2.05) is 20.8 Å². The largest absolute Gasteiger partial charge is 0.444 e. The van der Waals surface area contributed by atoms with Gasteiger partial charge in [0.25, 0.3) is 5.91 Å². The number of nitrogens with zero attached hydrogens (tertiary/aromatic N) is 3. The summed E-state index contributed by atoms with van der Waals surface area (Å²) >= 11 is 0. The van der Waals surface area contributed by atoms with Gasteiger partial charge in [0.1, 0.15) is 11.5 Å². The van der Waals surface area contributed by atoms with Gasteiger partial charge in [-0.3, -0.25) is 9.48 Å². The monoisotopic (exact) mass is 318 g/mol. The Morgan fingerprint density at radius 3 is 2.96 bits per heavy atom. The second kappa shape index (κ2) is 6.16. The zero-order valence-electron chi connectivity index (χ0n) is 13.9. The minimum absolute atomic E-state index is 0.0784. The number of amides is 1. The van der Waals surface area contributed by atoms with Crippen molar-refractivity contribution in [2.45, 2.75) is 52.4 Å². The Morgan fingerprint density at radius 2 is 2.26 bits per heavy atom. The van der Waals surface area contributed by atoms with Gasteiger partial charge in [0.05, 0.1) is 30.6 Å². The molecule has 1 aliphatic rings. The van der Waals surface area contributed by atoms with Crippen molar-refractivity contribution in [1.82, 2.24) is 20.1 Å². The number of hydrogen-bond acceptors (Lipinski definition) is 5. The number of carbonyl (C=O) groups is 1. The molecule has 7 nitrogen and oxygen atoms in total. The number of carbonyl (C=O) groups excluding carboxylic acids is 1. The fraction of sp³-hybridized carbons (Fsp3) is 0.562. The molecule has 0 unspecified atom stereocenters. The first-order valence-corrected chi connectivity index (χ1v) is 7.92. The topological polar surface area (TPSA) is 82.2 Å². The number of rotatable bonds is 4. The van der Waals surface area contributed by atoms with Crippen LogP contribution in [0.25, 0.3) is 0 Å². The molecule has 3 heterocycles. The summed E-state index contributed by atoms with van der Waals surface area (Å²) in [5.41, 5.74) is 2.42. The molecule has 0 radical (unpaired) electrons. The van der Waals surface area contributed by atoms with Crippen LogP contribution in [-0.4, -0.2) is 26.8 Å². The Balaban J connectivity index is 1.77. The normalized spacial score (nSPS) is 20.3. The van der Waals surface area contributed by atoms with Gasteiger partial charge in [-0.2, -0.15) is 5.10 Å². The van der Waals surface area contributed by atoms with Crippen molar-refractivity contribution in [3.8, 4) is 0 Å². The van der Waals surface area contributed by atoms with Crippen LogP contribution in [0.5, 0.6) is 0 Å². The summed E-state index contributed by atoms with van der Waals surface area (Å²) in [4.78, 5) is 16.7. The molecule has 3 rings (SSSR count). The number of ether oxygens (including phenoxy) is 1. The number of fused-ring (bicyclic) bond motifs is 1. The van der Waals surface area contributed by atoms with Crippen LogP contribution in [0.15, 0.2) is 10.6 Å². The molecule has 7 heteroatoms. The molecule has 0 fully saturated rings. The molecule has 0 saturated heterocycles. The van der Waals surface area contributed by atoms with E-state index in [-0.39, 0.29) is 18.1 Å². The highest BCUT2D eigenvalue weighted by Crippen LogP contribution is 2.31. The molecule has 1 amide bonds. The van der Waals surface area contributed by atoms with E-state index in [0.717, 1.165) is 17.7 Å². The lowest BCUT2D eigenvalue weighted by Gasteiger charge is -2.24. The van der Waals surface area contributed by atoms with Gasteiger partial charge in [-0.25, -0.2) is 4.98 Å². The van der Waals surface area contributed by atoms with Crippen LogP contribution in [0.4, 0.5) is 0 Å². The molecule has 23 heavy (non-hydrogen) atoms. The lowest BCUT2D eigenvalue weighted by Crippen LogP contribution is -2.28. The fourth-order valence-corrected chi connectivity index (χ4v) is 2.99. The van der Waals surface area contributed by atoms with E-state index in [2.05, 4.69) is 15.4 Å². The van der Waals surface area contributed by atoms with Crippen molar-refractivity contribution in [1.29, 1.82) is 0 Å². The summed E-state index contributed by atoms with van der Waals surface area (Å²) < 4.78 is 12.9. The minimum Gasteiger partial charge on any atom is -0.444 e. The van der Waals surface area contributed by atoms with Gasteiger partial charge in [0.15, 0.2) is 5.89 Å². The maximum atomic E-state index is 12.6. The number of aryl methyl sites for hydroxylation is 2. The van der Waals surface area contributed by atoms with Gasteiger partial charge in [-0.05, 0) is 13.8 Å². The third-order valence-corrected chi connectivity index (χ3v) is 4.03. The molecule has 0 saturated carbocycles. The first-order valence-electron chi connectivity index (χ1n) is 7.92. The molecular formula is C16H22N4O3. The van der Waals surface area contributed by atoms with E-state index >= 15 is 0 Å². The SMILES string of the molecule is CCc1ncc(CNC(=O)c2c3c(nn2C)[C@H](C)O[C@H](C)C3)o1. The molecular weight excluding hydrogens is 296 g/mol. The molecule has 1 N–H and O–H groups in total. The quantitative estimate of drug-likeness (QED) is 0.931. The second-order valence-corrected chi connectivity index (χ2v) is 5.89. The summed E-state index contributed by atoms with van der Waals surface area (Å²) in [7, 11) is 1.79. The first kappa shape index (κ1) is 15.7. The van der Waals surface area contributed by atoms with Crippen LogP contribution in [0, 0.1) is 0 Å². The van der Waals surface area contributed by atoms with Crippen LogP contribution >= 0.6 is 0 Å². The van der Waals surface area contributed by atoms with Crippen molar-refractivity contribution in [2.24, 2.45) is 7.05 Å². The van der Waals surface area contributed by atoms with E-state index < -0.39 is 0 Å². The molecule has 0 aromatic carbocycles. The summed E-state index contributed by atoms with van der Waals surface area (Å²) in [6, 6.07) is 0. The molecule has 2 aromatic heterocycles. The molecule has 0 bridgehead atoms. The number of nitrogens with one attached hydrogen (secondary N) is 1. The summed E-state index contributed by atoms with van der Waals surface area (Å²) in [5.74, 6) is 1.17. The maximum absolute atomic E-state index is 12.6. The van der Waals surface area contributed by atoms with Crippen LogP contribution < -0.4 is 5.32 Å². The highest BCUT2D eigenvalue weighted by Gasteiger charge is 2.31. The Labute approximate surface area is 135 Å². The van der Waals surface area contributed by atoms with Gasteiger partial charge in [0.2, 0.25) is 0 Å². The minimum atomic E-state index is -0.156. The smallest absolute Gasteiger partial charge is 0.270 e. The predicted octanol–water partition coefficient (Wildman–Crippen LogP) is 1.92.